The van der Waals surface area contributed by atoms with Crippen LogP contribution in [0.1, 0.15) is 5.56 Å². The highest BCUT2D eigenvalue weighted by molar-refractivity contribution is 5.78. The summed E-state index contributed by atoms with van der Waals surface area (Å²) in [6, 6.07) is 6.07. The topological polar surface area (TPSA) is 58.9 Å². The molecule has 0 aliphatic rings. The van der Waals surface area contributed by atoms with Gasteiger partial charge in [0.1, 0.15) is 5.82 Å². The number of fused-ring (bicyclic) bond motifs is 1. The number of halogens is 1. The van der Waals surface area contributed by atoms with Crippen molar-refractivity contribution in [1.82, 2.24) is 4.98 Å². The Hall–Kier alpha value is -1.68. The van der Waals surface area contributed by atoms with Gasteiger partial charge in [0, 0.05) is 5.56 Å². The fourth-order valence-corrected chi connectivity index (χ4v) is 1.56. The molecule has 2 rings (SSSR count). The van der Waals surface area contributed by atoms with Crippen LogP contribution in [0.4, 0.5) is 4.39 Å². The van der Waals surface area contributed by atoms with E-state index in [4.69, 9.17) is 5.73 Å². The van der Waals surface area contributed by atoms with Crippen LogP contribution in [0, 0.1) is 5.82 Å². The summed E-state index contributed by atoms with van der Waals surface area (Å²) in [5.74, 6) is -0.357. The zero-order valence-electron chi connectivity index (χ0n) is 8.09. The SMILES string of the molecule is NCCc1cc2ccc(F)cc2[nH]c1=O. The number of nitrogens with one attached hydrogen (secondary N) is 1. The van der Waals surface area contributed by atoms with Crippen LogP contribution >= 0.6 is 0 Å². The summed E-state index contributed by atoms with van der Waals surface area (Å²) in [7, 11) is 0. The average Bonchev–Trinajstić information content (AvgIpc) is 2.20. The van der Waals surface area contributed by atoms with E-state index in [9.17, 15) is 9.18 Å². The van der Waals surface area contributed by atoms with Gasteiger partial charge in [-0.05, 0) is 42.6 Å². The Labute approximate surface area is 85.7 Å². The molecule has 15 heavy (non-hydrogen) atoms. The summed E-state index contributed by atoms with van der Waals surface area (Å²) < 4.78 is 12.9. The van der Waals surface area contributed by atoms with Crippen LogP contribution in [0.25, 0.3) is 10.9 Å². The van der Waals surface area contributed by atoms with Gasteiger partial charge in [0.05, 0.1) is 5.52 Å². The van der Waals surface area contributed by atoms with Gasteiger partial charge in [-0.3, -0.25) is 4.79 Å². The van der Waals surface area contributed by atoms with Crippen molar-refractivity contribution in [2.24, 2.45) is 5.73 Å². The Morgan fingerprint density at radius 3 is 2.87 bits per heavy atom. The third-order valence-corrected chi connectivity index (χ3v) is 2.30. The normalized spacial score (nSPS) is 10.8. The van der Waals surface area contributed by atoms with Crippen molar-refractivity contribution in [3.8, 4) is 0 Å². The zero-order valence-corrected chi connectivity index (χ0v) is 8.09. The van der Waals surface area contributed by atoms with E-state index in [-0.39, 0.29) is 11.4 Å². The number of aromatic nitrogens is 1. The minimum absolute atomic E-state index is 0.196. The first-order valence-electron chi connectivity index (χ1n) is 4.72. The smallest absolute Gasteiger partial charge is 0.251 e. The van der Waals surface area contributed by atoms with Crippen LogP contribution in [0.15, 0.2) is 29.1 Å². The summed E-state index contributed by atoms with van der Waals surface area (Å²) in [5, 5.41) is 0.819. The van der Waals surface area contributed by atoms with Gasteiger partial charge < -0.3 is 10.7 Å². The number of rotatable bonds is 2. The van der Waals surface area contributed by atoms with E-state index in [1.54, 1.807) is 12.1 Å². The van der Waals surface area contributed by atoms with Crippen LogP contribution in [0.5, 0.6) is 0 Å². The molecule has 0 saturated carbocycles. The lowest BCUT2D eigenvalue weighted by Gasteiger charge is -2.01. The highest BCUT2D eigenvalue weighted by Gasteiger charge is 2.02. The molecule has 0 unspecified atom stereocenters. The van der Waals surface area contributed by atoms with Crippen molar-refractivity contribution >= 4 is 10.9 Å². The molecule has 0 bridgehead atoms. The van der Waals surface area contributed by atoms with E-state index in [0.717, 1.165) is 5.39 Å². The molecule has 4 heteroatoms. The number of aromatic amines is 1. The monoisotopic (exact) mass is 206 g/mol. The van der Waals surface area contributed by atoms with E-state index in [2.05, 4.69) is 4.98 Å². The number of hydrogen-bond acceptors (Lipinski definition) is 2. The second-order valence-electron chi connectivity index (χ2n) is 3.39. The van der Waals surface area contributed by atoms with Crippen molar-refractivity contribution in [1.29, 1.82) is 0 Å². The minimum atomic E-state index is -0.357. The predicted molar refractivity (Wildman–Crippen MR) is 57.3 cm³/mol. The number of hydrogen-bond donors (Lipinski definition) is 2. The van der Waals surface area contributed by atoms with Gasteiger partial charge in [0.15, 0.2) is 0 Å². The lowest BCUT2D eigenvalue weighted by molar-refractivity contribution is 0.629. The number of H-pyrrole nitrogens is 1. The van der Waals surface area contributed by atoms with Crippen LogP contribution in [0.3, 0.4) is 0 Å². The highest BCUT2D eigenvalue weighted by Crippen LogP contribution is 2.12. The molecule has 0 atom stereocenters. The van der Waals surface area contributed by atoms with Crippen molar-refractivity contribution in [3.63, 3.8) is 0 Å². The van der Waals surface area contributed by atoms with E-state index in [1.807, 2.05) is 0 Å². The molecule has 0 radical (unpaired) electrons. The molecule has 2 aromatic rings. The maximum absolute atomic E-state index is 12.9. The van der Waals surface area contributed by atoms with Gasteiger partial charge in [0.2, 0.25) is 0 Å². The van der Waals surface area contributed by atoms with Crippen molar-refractivity contribution in [2.45, 2.75) is 6.42 Å². The van der Waals surface area contributed by atoms with Crippen LogP contribution < -0.4 is 11.3 Å². The molecular formula is C11H11FN2O. The second kappa shape index (κ2) is 3.82. The molecule has 0 fully saturated rings. The zero-order chi connectivity index (χ0) is 10.8. The molecule has 78 valence electrons. The average molecular weight is 206 g/mol. The highest BCUT2D eigenvalue weighted by atomic mass is 19.1. The van der Waals surface area contributed by atoms with Gasteiger partial charge in [-0.2, -0.15) is 0 Å². The Balaban J connectivity index is 2.65. The largest absolute Gasteiger partial charge is 0.330 e. The molecule has 1 aromatic heterocycles. The molecule has 1 heterocycles. The van der Waals surface area contributed by atoms with Crippen molar-refractivity contribution in [3.05, 3.63) is 46.0 Å². The number of pyridine rings is 1. The first kappa shape index (κ1) is 9.86. The fraction of sp³-hybridized carbons (Fsp3) is 0.182. The van der Waals surface area contributed by atoms with Gasteiger partial charge in [-0.15, -0.1) is 0 Å². The quantitative estimate of drug-likeness (QED) is 0.774. The summed E-state index contributed by atoms with van der Waals surface area (Å²) in [5.41, 5.74) is 6.34. The van der Waals surface area contributed by atoms with Crippen molar-refractivity contribution < 1.29 is 4.39 Å². The van der Waals surface area contributed by atoms with E-state index in [1.165, 1.54) is 12.1 Å². The van der Waals surface area contributed by atoms with Crippen LogP contribution in [0.2, 0.25) is 0 Å². The molecule has 3 N–H and O–H groups in total. The lowest BCUT2D eigenvalue weighted by Crippen LogP contribution is -2.16. The predicted octanol–water partition coefficient (Wildman–Crippen LogP) is 1.17. The van der Waals surface area contributed by atoms with Gasteiger partial charge in [-0.25, -0.2) is 4.39 Å². The first-order chi connectivity index (χ1) is 7.20. The van der Waals surface area contributed by atoms with Gasteiger partial charge >= 0.3 is 0 Å². The molecule has 0 aliphatic heterocycles. The van der Waals surface area contributed by atoms with E-state index >= 15 is 0 Å². The molecule has 0 spiro atoms. The molecule has 1 aromatic carbocycles. The van der Waals surface area contributed by atoms with Crippen LogP contribution in [-0.2, 0) is 6.42 Å². The Morgan fingerprint density at radius 2 is 2.13 bits per heavy atom. The maximum atomic E-state index is 12.9. The standard InChI is InChI=1S/C11H11FN2O/c12-9-2-1-7-5-8(3-4-13)11(15)14-10(7)6-9/h1-2,5-6H,3-4,13H2,(H,14,15). The Kier molecular flexibility index (Phi) is 2.51. The van der Waals surface area contributed by atoms with E-state index < -0.39 is 0 Å². The second-order valence-corrected chi connectivity index (χ2v) is 3.39. The molecule has 0 saturated heterocycles. The first-order valence-corrected chi connectivity index (χ1v) is 4.72. The Morgan fingerprint density at radius 1 is 1.33 bits per heavy atom. The number of nitrogens with two attached hydrogens (primary N) is 1. The van der Waals surface area contributed by atoms with Crippen molar-refractivity contribution in [2.75, 3.05) is 6.54 Å². The molecule has 3 nitrogen and oxygen atoms in total. The summed E-state index contributed by atoms with van der Waals surface area (Å²) in [6.07, 6.45) is 0.530. The summed E-state index contributed by atoms with van der Waals surface area (Å²) >= 11 is 0. The van der Waals surface area contributed by atoms with E-state index in [0.29, 0.717) is 24.0 Å². The fourth-order valence-electron chi connectivity index (χ4n) is 1.56. The Bertz CT molecular complexity index is 548. The lowest BCUT2D eigenvalue weighted by atomic mass is 10.1. The van der Waals surface area contributed by atoms with Gasteiger partial charge in [-0.1, -0.05) is 0 Å². The summed E-state index contributed by atoms with van der Waals surface area (Å²) in [4.78, 5) is 14.1. The third-order valence-electron chi connectivity index (χ3n) is 2.30. The maximum Gasteiger partial charge on any atom is 0.251 e. The van der Waals surface area contributed by atoms with Gasteiger partial charge in [0.25, 0.3) is 5.56 Å². The summed E-state index contributed by atoms with van der Waals surface area (Å²) in [6.45, 7) is 0.426. The van der Waals surface area contributed by atoms with Crippen LogP contribution in [-0.4, -0.2) is 11.5 Å². The molecule has 0 amide bonds. The molecular weight excluding hydrogens is 195 g/mol. The number of benzene rings is 1. The minimum Gasteiger partial charge on any atom is -0.330 e. The molecule has 0 aliphatic carbocycles. The third kappa shape index (κ3) is 1.89.